The number of carbonyl (C=O) groups is 2. The second-order valence-electron chi connectivity index (χ2n) is 14.4. The van der Waals surface area contributed by atoms with Crippen molar-refractivity contribution in [1.82, 2.24) is 4.90 Å². The molecule has 0 amide bonds. The van der Waals surface area contributed by atoms with E-state index in [-0.39, 0.29) is 30.7 Å². The van der Waals surface area contributed by atoms with Crippen LogP contribution in [0.5, 0.6) is 0 Å². The van der Waals surface area contributed by atoms with Crippen LogP contribution in [-0.2, 0) is 33.2 Å². The highest BCUT2D eigenvalue weighted by Gasteiger charge is 2.90. The van der Waals surface area contributed by atoms with Crippen molar-refractivity contribution in [3.8, 4) is 0 Å². The molecule has 11 nitrogen and oxygen atoms in total. The number of fused-ring (bicyclic) bond motifs is 2. The minimum absolute atomic E-state index is 0.163. The molecule has 45 heavy (non-hydrogen) atoms. The summed E-state index contributed by atoms with van der Waals surface area (Å²) in [4.78, 5) is 29.3. The normalized spacial score (nSPS) is 49.1. The van der Waals surface area contributed by atoms with Gasteiger partial charge in [0.1, 0.15) is 17.3 Å². The molecular formula is C34H47NO10. The second-order valence-corrected chi connectivity index (χ2v) is 14.4. The maximum Gasteiger partial charge on any atom is 0.338 e. The number of methoxy groups -OCH3 is 4. The van der Waals surface area contributed by atoms with Crippen LogP contribution in [0.2, 0.25) is 0 Å². The van der Waals surface area contributed by atoms with E-state index in [1.165, 1.54) is 6.92 Å². The van der Waals surface area contributed by atoms with Gasteiger partial charge < -0.3 is 38.6 Å². The summed E-state index contributed by atoms with van der Waals surface area (Å²) in [6.07, 6.45) is -2.55. The van der Waals surface area contributed by atoms with Gasteiger partial charge in [-0.2, -0.15) is 0 Å². The first-order chi connectivity index (χ1) is 21.5. The van der Waals surface area contributed by atoms with Gasteiger partial charge in [0.2, 0.25) is 0 Å². The van der Waals surface area contributed by atoms with Gasteiger partial charge in [-0.3, -0.25) is 9.69 Å². The number of rotatable bonds is 9. The third-order valence-corrected chi connectivity index (χ3v) is 13.1. The second kappa shape index (κ2) is 10.7. The molecule has 11 heteroatoms. The topological polar surface area (TPSA) is 133 Å². The molecule has 248 valence electrons. The molecule has 5 aliphatic carbocycles. The van der Waals surface area contributed by atoms with Crippen LogP contribution in [0.3, 0.4) is 0 Å². The number of benzene rings is 1. The number of hydrogen-bond acceptors (Lipinski definition) is 11. The number of carbonyl (C=O) groups excluding carboxylic acids is 2. The van der Waals surface area contributed by atoms with Crippen molar-refractivity contribution >= 4 is 11.9 Å². The smallest absolute Gasteiger partial charge is 0.338 e. The zero-order chi connectivity index (χ0) is 32.1. The van der Waals surface area contributed by atoms with Gasteiger partial charge in [-0.25, -0.2) is 4.79 Å². The molecule has 1 spiro atoms. The van der Waals surface area contributed by atoms with Gasteiger partial charge in [-0.1, -0.05) is 25.1 Å². The molecule has 1 aliphatic heterocycles. The van der Waals surface area contributed by atoms with Crippen LogP contribution in [0.15, 0.2) is 30.3 Å². The zero-order valence-electron chi connectivity index (χ0n) is 27.0. The van der Waals surface area contributed by atoms with E-state index in [0.29, 0.717) is 31.7 Å². The zero-order valence-corrected chi connectivity index (χ0v) is 27.0. The van der Waals surface area contributed by atoms with E-state index in [2.05, 4.69) is 11.8 Å². The Kier molecular flexibility index (Phi) is 7.48. The fourth-order valence-corrected chi connectivity index (χ4v) is 12.2. The van der Waals surface area contributed by atoms with Crippen LogP contribution in [0.1, 0.15) is 43.5 Å². The van der Waals surface area contributed by atoms with Crippen molar-refractivity contribution in [1.29, 1.82) is 0 Å². The van der Waals surface area contributed by atoms with Crippen molar-refractivity contribution in [3.05, 3.63) is 35.9 Å². The summed E-state index contributed by atoms with van der Waals surface area (Å²) in [6.45, 7) is 5.08. The first-order valence-corrected chi connectivity index (χ1v) is 16.2. The molecule has 0 aromatic heterocycles. The Morgan fingerprint density at radius 3 is 2.31 bits per heavy atom. The number of aliphatic hydroxyl groups excluding tert-OH is 1. The predicted molar refractivity (Wildman–Crippen MR) is 159 cm³/mol. The predicted octanol–water partition coefficient (Wildman–Crippen LogP) is 1.68. The van der Waals surface area contributed by atoms with E-state index in [1.54, 1.807) is 52.7 Å². The van der Waals surface area contributed by atoms with E-state index in [0.717, 1.165) is 0 Å². The van der Waals surface area contributed by atoms with Gasteiger partial charge in [0.15, 0.2) is 0 Å². The summed E-state index contributed by atoms with van der Waals surface area (Å²) in [5, 5.41) is 24.8. The maximum atomic E-state index is 13.7. The van der Waals surface area contributed by atoms with Crippen LogP contribution >= 0.6 is 0 Å². The Labute approximate surface area is 264 Å². The lowest BCUT2D eigenvalue weighted by Crippen LogP contribution is -2.79. The Hall–Kier alpha value is -2.12. The van der Waals surface area contributed by atoms with Gasteiger partial charge in [0, 0.05) is 89.4 Å². The molecule has 0 unspecified atom stereocenters. The molecule has 1 aromatic rings. The van der Waals surface area contributed by atoms with E-state index in [9.17, 15) is 19.8 Å². The van der Waals surface area contributed by atoms with Crippen LogP contribution in [0.4, 0.5) is 0 Å². The van der Waals surface area contributed by atoms with Crippen LogP contribution in [0, 0.1) is 34.5 Å². The van der Waals surface area contributed by atoms with Gasteiger partial charge in [-0.05, 0) is 31.0 Å². The van der Waals surface area contributed by atoms with Crippen LogP contribution in [-0.4, -0.2) is 123 Å². The van der Waals surface area contributed by atoms with E-state index < -0.39 is 76.3 Å². The summed E-state index contributed by atoms with van der Waals surface area (Å²) in [7, 11) is 6.58. The average molecular weight is 630 g/mol. The van der Waals surface area contributed by atoms with Crippen molar-refractivity contribution in [2.75, 3.05) is 48.1 Å². The molecule has 14 atom stereocenters. The summed E-state index contributed by atoms with van der Waals surface area (Å²) in [5.74, 6) is -2.55. The summed E-state index contributed by atoms with van der Waals surface area (Å²) in [6, 6.07) is 8.56. The summed E-state index contributed by atoms with van der Waals surface area (Å²) < 4.78 is 37.9. The highest BCUT2D eigenvalue weighted by Crippen LogP contribution is 2.80. The van der Waals surface area contributed by atoms with Crippen LogP contribution < -0.4 is 0 Å². The molecule has 1 aromatic carbocycles. The molecular weight excluding hydrogens is 582 g/mol. The molecule has 1 saturated heterocycles. The molecule has 6 fully saturated rings. The molecule has 6 aliphatic rings. The van der Waals surface area contributed by atoms with Crippen molar-refractivity contribution in [2.45, 2.75) is 80.9 Å². The largest absolute Gasteiger partial charge is 0.458 e. The fraction of sp³-hybridized carbons (Fsp3) is 0.765. The molecule has 7 bridgehead atoms. The third kappa shape index (κ3) is 3.72. The molecule has 7 rings (SSSR count). The molecule has 1 heterocycles. The van der Waals surface area contributed by atoms with E-state index in [1.807, 2.05) is 6.07 Å². The summed E-state index contributed by atoms with van der Waals surface area (Å²) in [5.41, 5.74) is -3.74. The standard InChI is InChI=1S/C34H47NO10/c1-7-35-16-31(17-40-3)21(37)13-22(41-4)34-20-14-32(39)23(42-5)15-33(45-18(2)36,25(28(34)35)26(43-6)27(31)34)24(20)29(32)44-30(38)19-11-9-8-10-12-19/h8-12,20-29,37,39H,7,13-17H2,1-6H3/t20-,21+,22-,23+,24-,25+,26-,27-,28-,29+,31+,32+,33-,34+/m1/s1. The molecule has 0 radical (unpaired) electrons. The van der Waals surface area contributed by atoms with Crippen molar-refractivity contribution < 1.29 is 48.2 Å². The lowest BCUT2D eigenvalue weighted by molar-refractivity contribution is -0.300. The number of aliphatic hydroxyl groups is 2. The Morgan fingerprint density at radius 1 is 1.00 bits per heavy atom. The average Bonchev–Trinajstić information content (AvgIpc) is 3.40. The fourth-order valence-electron chi connectivity index (χ4n) is 12.2. The number of likely N-dealkylation sites (tertiary alicyclic amines) is 1. The lowest BCUT2D eigenvalue weighted by Gasteiger charge is -2.70. The molecule has 2 N–H and O–H groups in total. The SMILES string of the molecule is CCN1C[C@@]2(COC)[C@H]3[C@H](OC)[C@H]4[C@@H]1[C@@]3([C@@H]1C[C@]3(O)[C@@H](OC)C[C@@]4(OC(C)=O)[C@H]1[C@@H]3OC(=O)c1ccccc1)[C@H](OC)C[C@@H]2O. The quantitative estimate of drug-likeness (QED) is 0.387. The van der Waals surface area contributed by atoms with Gasteiger partial charge in [0.25, 0.3) is 0 Å². The third-order valence-electron chi connectivity index (χ3n) is 13.1. The first-order valence-electron chi connectivity index (χ1n) is 16.2. The van der Waals surface area contributed by atoms with Gasteiger partial charge >= 0.3 is 11.9 Å². The Balaban J connectivity index is 1.50. The number of hydrogen-bond donors (Lipinski definition) is 2. The van der Waals surface area contributed by atoms with Crippen molar-refractivity contribution in [2.24, 2.45) is 34.5 Å². The number of nitrogens with zero attached hydrogens (tertiary/aromatic N) is 1. The summed E-state index contributed by atoms with van der Waals surface area (Å²) >= 11 is 0. The van der Waals surface area contributed by atoms with Crippen molar-refractivity contribution in [3.63, 3.8) is 0 Å². The highest BCUT2D eigenvalue weighted by atomic mass is 16.6. The highest BCUT2D eigenvalue weighted by molar-refractivity contribution is 5.89. The minimum atomic E-state index is -1.55. The van der Waals surface area contributed by atoms with Gasteiger partial charge in [-0.15, -0.1) is 0 Å². The minimum Gasteiger partial charge on any atom is -0.458 e. The van der Waals surface area contributed by atoms with E-state index >= 15 is 0 Å². The number of esters is 2. The van der Waals surface area contributed by atoms with Gasteiger partial charge in [0.05, 0.1) is 36.6 Å². The number of ether oxygens (including phenoxy) is 6. The Morgan fingerprint density at radius 2 is 1.71 bits per heavy atom. The Bertz CT molecular complexity index is 1330. The van der Waals surface area contributed by atoms with E-state index in [4.69, 9.17) is 28.4 Å². The maximum absolute atomic E-state index is 13.7. The number of piperidine rings is 1. The first kappa shape index (κ1) is 31.5. The molecule has 5 saturated carbocycles. The monoisotopic (exact) mass is 629 g/mol. The van der Waals surface area contributed by atoms with Crippen LogP contribution in [0.25, 0.3) is 0 Å². The lowest BCUT2D eigenvalue weighted by atomic mass is 9.42.